The summed E-state index contributed by atoms with van der Waals surface area (Å²) < 4.78 is 22.4. The number of allylic oxidation sites excluding steroid dienone is 1. The van der Waals surface area contributed by atoms with E-state index in [0.717, 1.165) is 0 Å². The average Bonchev–Trinajstić information content (AvgIpc) is 2.59. The van der Waals surface area contributed by atoms with Gasteiger partial charge in [-0.25, -0.2) is 0 Å². The van der Waals surface area contributed by atoms with Gasteiger partial charge in [0.05, 0.1) is 16.8 Å². The highest BCUT2D eigenvalue weighted by molar-refractivity contribution is 6.05. The number of ketones is 1. The van der Waals surface area contributed by atoms with Crippen LogP contribution in [-0.2, 0) is 23.7 Å². The molecule has 1 saturated heterocycles. The predicted molar refractivity (Wildman–Crippen MR) is 73.1 cm³/mol. The first-order chi connectivity index (χ1) is 9.16. The number of ether oxygens (including phenoxy) is 4. The van der Waals surface area contributed by atoms with Crippen molar-refractivity contribution in [2.45, 2.75) is 51.0 Å². The molecule has 1 fully saturated rings. The summed E-state index contributed by atoms with van der Waals surface area (Å²) in [6.45, 7) is 7.76. The van der Waals surface area contributed by atoms with Gasteiger partial charge < -0.3 is 18.9 Å². The largest absolute Gasteiger partial charge is 0.346 e. The minimum Gasteiger partial charge on any atom is -0.346 e. The average molecular weight is 282 g/mol. The van der Waals surface area contributed by atoms with Gasteiger partial charge in [-0.05, 0) is 45.9 Å². The Balaban J connectivity index is 2.33. The molecule has 0 aromatic heterocycles. The Hall–Kier alpha value is -1.01. The van der Waals surface area contributed by atoms with Crippen molar-refractivity contribution in [2.75, 3.05) is 14.2 Å². The summed E-state index contributed by atoms with van der Waals surface area (Å²) >= 11 is 0. The molecule has 0 saturated carbocycles. The lowest BCUT2D eigenvalue weighted by atomic mass is 9.90. The Morgan fingerprint density at radius 2 is 1.55 bits per heavy atom. The maximum absolute atomic E-state index is 12.1. The van der Waals surface area contributed by atoms with Crippen molar-refractivity contribution in [3.05, 3.63) is 23.8 Å². The van der Waals surface area contributed by atoms with Crippen LogP contribution >= 0.6 is 0 Å². The van der Waals surface area contributed by atoms with E-state index in [1.807, 2.05) is 27.7 Å². The quantitative estimate of drug-likeness (QED) is 0.741. The highest BCUT2D eigenvalue weighted by Crippen LogP contribution is 2.41. The van der Waals surface area contributed by atoms with Gasteiger partial charge in [-0.1, -0.05) is 0 Å². The molecule has 5 nitrogen and oxygen atoms in total. The van der Waals surface area contributed by atoms with Gasteiger partial charge in [-0.2, -0.15) is 0 Å². The molecule has 0 bridgehead atoms. The smallest absolute Gasteiger partial charge is 0.208 e. The number of carbonyl (C=O) groups is 1. The molecule has 1 aliphatic carbocycles. The number of methoxy groups -OCH3 is 2. The first kappa shape index (κ1) is 15.4. The minimum absolute atomic E-state index is 0.159. The molecule has 0 radical (unpaired) electrons. The van der Waals surface area contributed by atoms with Crippen LogP contribution in [0.4, 0.5) is 0 Å². The molecule has 5 heteroatoms. The Morgan fingerprint density at radius 3 is 2.00 bits per heavy atom. The molecule has 0 unspecified atom stereocenters. The molecule has 1 heterocycles. The van der Waals surface area contributed by atoms with E-state index in [2.05, 4.69) is 0 Å². The molecular formula is C15H22O5. The number of hydrogen-bond donors (Lipinski definition) is 0. The van der Waals surface area contributed by atoms with Crippen LogP contribution in [0.25, 0.3) is 0 Å². The van der Waals surface area contributed by atoms with E-state index >= 15 is 0 Å². The molecular weight excluding hydrogens is 260 g/mol. The van der Waals surface area contributed by atoms with Crippen LogP contribution in [0.3, 0.4) is 0 Å². The van der Waals surface area contributed by atoms with E-state index in [0.29, 0.717) is 5.57 Å². The van der Waals surface area contributed by atoms with Crippen LogP contribution < -0.4 is 0 Å². The molecule has 20 heavy (non-hydrogen) atoms. The Morgan fingerprint density at radius 1 is 1.05 bits per heavy atom. The van der Waals surface area contributed by atoms with Crippen LogP contribution in [0.15, 0.2) is 23.8 Å². The highest BCUT2D eigenvalue weighted by atomic mass is 16.7. The summed E-state index contributed by atoms with van der Waals surface area (Å²) in [5.74, 6) is -1.21. The SMILES string of the molecule is COC1(OC)C=CC(=O)C(C2OC(C)(C)C(C)(C)O2)=C1. The van der Waals surface area contributed by atoms with Gasteiger partial charge in [0.1, 0.15) is 0 Å². The molecule has 2 aliphatic rings. The summed E-state index contributed by atoms with van der Waals surface area (Å²) in [5, 5.41) is 0. The van der Waals surface area contributed by atoms with E-state index in [1.54, 1.807) is 12.2 Å². The van der Waals surface area contributed by atoms with Gasteiger partial charge in [0, 0.05) is 14.2 Å². The first-order valence-corrected chi connectivity index (χ1v) is 6.59. The second-order valence-electron chi connectivity index (χ2n) is 6.02. The van der Waals surface area contributed by atoms with Crippen LogP contribution in [0.5, 0.6) is 0 Å². The number of carbonyl (C=O) groups excluding carboxylic acids is 1. The Bertz CT molecular complexity index is 453. The molecule has 0 atom stereocenters. The van der Waals surface area contributed by atoms with Gasteiger partial charge in [0.25, 0.3) is 0 Å². The van der Waals surface area contributed by atoms with Crippen molar-refractivity contribution in [2.24, 2.45) is 0 Å². The second-order valence-corrected chi connectivity index (χ2v) is 6.02. The summed E-state index contributed by atoms with van der Waals surface area (Å²) in [7, 11) is 3.03. The minimum atomic E-state index is -1.05. The fourth-order valence-corrected chi connectivity index (χ4v) is 2.12. The fraction of sp³-hybridized carbons (Fsp3) is 0.667. The molecule has 112 valence electrons. The standard InChI is InChI=1S/C15H22O5/c1-13(2)14(3,4)20-12(19-13)10-9-15(17-5,18-6)8-7-11(10)16/h7-9,12H,1-6H3. The lowest BCUT2D eigenvalue weighted by Gasteiger charge is -2.30. The van der Waals surface area contributed by atoms with Gasteiger partial charge in [-0.3, -0.25) is 4.79 Å². The molecule has 0 N–H and O–H groups in total. The third-order valence-corrected chi connectivity index (χ3v) is 4.25. The normalized spacial score (nSPS) is 27.7. The van der Waals surface area contributed by atoms with Crippen molar-refractivity contribution < 1.29 is 23.7 Å². The van der Waals surface area contributed by atoms with Gasteiger partial charge in [-0.15, -0.1) is 0 Å². The van der Waals surface area contributed by atoms with Crippen LogP contribution in [0.1, 0.15) is 27.7 Å². The van der Waals surface area contributed by atoms with Crippen molar-refractivity contribution in [3.8, 4) is 0 Å². The highest BCUT2D eigenvalue weighted by Gasteiger charge is 2.51. The maximum Gasteiger partial charge on any atom is 0.208 e. The Labute approximate surface area is 119 Å². The maximum atomic E-state index is 12.1. The molecule has 0 amide bonds. The monoisotopic (exact) mass is 282 g/mol. The van der Waals surface area contributed by atoms with Crippen molar-refractivity contribution in [1.29, 1.82) is 0 Å². The van der Waals surface area contributed by atoms with Gasteiger partial charge >= 0.3 is 0 Å². The molecule has 0 aromatic carbocycles. The van der Waals surface area contributed by atoms with Crippen molar-refractivity contribution >= 4 is 5.78 Å². The van der Waals surface area contributed by atoms with Gasteiger partial charge in [0.15, 0.2) is 12.1 Å². The zero-order valence-electron chi connectivity index (χ0n) is 12.9. The lowest BCUT2D eigenvalue weighted by Crippen LogP contribution is -2.41. The summed E-state index contributed by atoms with van der Waals surface area (Å²) in [6, 6.07) is 0. The van der Waals surface area contributed by atoms with Crippen LogP contribution in [0, 0.1) is 0 Å². The molecule has 1 aliphatic heterocycles. The predicted octanol–water partition coefficient (Wildman–Crippen LogP) is 1.97. The lowest BCUT2D eigenvalue weighted by molar-refractivity contribution is -0.141. The van der Waals surface area contributed by atoms with Crippen LogP contribution in [-0.4, -0.2) is 43.3 Å². The zero-order valence-corrected chi connectivity index (χ0v) is 12.9. The number of rotatable bonds is 3. The summed E-state index contributed by atoms with van der Waals surface area (Å²) in [5.41, 5.74) is -0.597. The van der Waals surface area contributed by atoms with E-state index in [-0.39, 0.29) is 5.78 Å². The van der Waals surface area contributed by atoms with E-state index in [9.17, 15) is 4.79 Å². The zero-order chi connectivity index (χ0) is 15.2. The van der Waals surface area contributed by atoms with Crippen molar-refractivity contribution in [1.82, 2.24) is 0 Å². The van der Waals surface area contributed by atoms with E-state index in [1.165, 1.54) is 20.3 Å². The first-order valence-electron chi connectivity index (χ1n) is 6.59. The topological polar surface area (TPSA) is 54.0 Å². The molecule has 2 rings (SSSR count). The molecule has 0 aromatic rings. The second kappa shape index (κ2) is 4.77. The third kappa shape index (κ3) is 2.35. The number of hydrogen-bond acceptors (Lipinski definition) is 5. The van der Waals surface area contributed by atoms with E-state index < -0.39 is 23.3 Å². The third-order valence-electron chi connectivity index (χ3n) is 4.25. The Kier molecular flexibility index (Phi) is 3.67. The van der Waals surface area contributed by atoms with Crippen molar-refractivity contribution in [3.63, 3.8) is 0 Å². The summed E-state index contributed by atoms with van der Waals surface area (Å²) in [6.07, 6.45) is 3.89. The van der Waals surface area contributed by atoms with Gasteiger partial charge in [0.2, 0.25) is 5.79 Å². The van der Waals surface area contributed by atoms with E-state index in [4.69, 9.17) is 18.9 Å². The summed E-state index contributed by atoms with van der Waals surface area (Å²) in [4.78, 5) is 12.1. The fourth-order valence-electron chi connectivity index (χ4n) is 2.12. The molecule has 0 spiro atoms. The van der Waals surface area contributed by atoms with Crippen LogP contribution in [0.2, 0.25) is 0 Å².